The Morgan fingerprint density at radius 1 is 0.974 bits per heavy atom. The number of hydrogen-bond acceptors (Lipinski definition) is 5. The molecular formula is C27H37Cl4N5O2. The van der Waals surface area contributed by atoms with Crippen molar-refractivity contribution >= 4 is 60.4 Å². The first-order valence-electron chi connectivity index (χ1n) is 12.1. The van der Waals surface area contributed by atoms with Gasteiger partial charge >= 0.3 is 0 Å². The molecule has 11 heteroatoms. The van der Waals surface area contributed by atoms with Crippen molar-refractivity contribution in [3.63, 3.8) is 0 Å². The summed E-state index contributed by atoms with van der Waals surface area (Å²) < 4.78 is 7.46. The molecule has 1 fully saturated rings. The van der Waals surface area contributed by atoms with Gasteiger partial charge in [-0.05, 0) is 63.6 Å². The summed E-state index contributed by atoms with van der Waals surface area (Å²) in [4.78, 5) is 22.3. The van der Waals surface area contributed by atoms with Crippen LogP contribution in [0, 0.1) is 20.8 Å². The van der Waals surface area contributed by atoms with Gasteiger partial charge in [0, 0.05) is 43.4 Å². The van der Waals surface area contributed by atoms with E-state index < -0.39 is 0 Å². The van der Waals surface area contributed by atoms with E-state index in [1.807, 2.05) is 54.8 Å². The number of amides is 1. The van der Waals surface area contributed by atoms with Crippen LogP contribution in [-0.2, 0) is 0 Å². The second-order valence-electron chi connectivity index (χ2n) is 8.92. The molecule has 7 nitrogen and oxygen atoms in total. The van der Waals surface area contributed by atoms with Crippen LogP contribution in [0.4, 0.5) is 5.69 Å². The minimum atomic E-state index is -0.138. The Labute approximate surface area is 249 Å². The second-order valence-corrected chi connectivity index (χ2v) is 9.33. The summed E-state index contributed by atoms with van der Waals surface area (Å²) in [6.07, 6.45) is 0.896. The average Bonchev–Trinajstić information content (AvgIpc) is 3.17. The summed E-state index contributed by atoms with van der Waals surface area (Å²) in [5, 5.41) is 3.87. The van der Waals surface area contributed by atoms with E-state index in [1.165, 1.54) is 5.69 Å². The smallest absolute Gasteiger partial charge is 0.271 e. The molecule has 0 unspecified atom stereocenters. The minimum absolute atomic E-state index is 0. The lowest BCUT2D eigenvalue weighted by Crippen LogP contribution is -2.47. The Morgan fingerprint density at radius 3 is 2.32 bits per heavy atom. The maximum atomic E-state index is 12.9. The van der Waals surface area contributed by atoms with E-state index in [1.54, 1.807) is 7.11 Å². The summed E-state index contributed by atoms with van der Waals surface area (Å²) in [7, 11) is 1.65. The number of methoxy groups -OCH3 is 1. The maximum absolute atomic E-state index is 12.9. The van der Waals surface area contributed by atoms with Gasteiger partial charge in [0.1, 0.15) is 17.3 Å². The lowest BCUT2D eigenvalue weighted by Gasteiger charge is -2.37. The fourth-order valence-electron chi connectivity index (χ4n) is 4.77. The van der Waals surface area contributed by atoms with E-state index in [9.17, 15) is 4.79 Å². The Bertz CT molecular complexity index is 1200. The zero-order valence-electron chi connectivity index (χ0n) is 22.2. The van der Waals surface area contributed by atoms with Crippen LogP contribution in [0.25, 0.3) is 5.69 Å². The number of ether oxygens (including phenoxy) is 1. The molecule has 4 rings (SSSR count). The van der Waals surface area contributed by atoms with Gasteiger partial charge in [0.2, 0.25) is 0 Å². The highest BCUT2D eigenvalue weighted by Crippen LogP contribution is 2.28. The largest absolute Gasteiger partial charge is 0.495 e. The van der Waals surface area contributed by atoms with Gasteiger partial charge in [-0.15, -0.1) is 37.2 Å². The number of nitrogens with zero attached hydrogens (tertiary/aromatic N) is 4. The number of carbonyl (C=O) groups is 1. The molecule has 3 aromatic rings. The third kappa shape index (κ3) is 7.48. The van der Waals surface area contributed by atoms with Crippen molar-refractivity contribution in [1.29, 1.82) is 0 Å². The summed E-state index contributed by atoms with van der Waals surface area (Å²) in [5.41, 5.74) is 4.51. The van der Waals surface area contributed by atoms with Crippen LogP contribution >= 0.6 is 48.8 Å². The molecular weight excluding hydrogens is 568 g/mol. The van der Waals surface area contributed by atoms with Gasteiger partial charge in [-0.25, -0.2) is 4.98 Å². The number of halogens is 4. The molecule has 0 bridgehead atoms. The molecule has 2 heterocycles. The number of carbonyl (C=O) groups excluding carboxylic acids is 1. The quantitative estimate of drug-likeness (QED) is 0.336. The predicted molar refractivity (Wildman–Crippen MR) is 163 cm³/mol. The lowest BCUT2D eigenvalue weighted by molar-refractivity contribution is 0.0946. The van der Waals surface area contributed by atoms with E-state index in [4.69, 9.17) is 16.3 Å². The highest BCUT2D eigenvalue weighted by atomic mass is 35.5. The molecule has 1 aliphatic rings. The van der Waals surface area contributed by atoms with Crippen molar-refractivity contribution < 1.29 is 9.53 Å². The van der Waals surface area contributed by atoms with E-state index in [-0.39, 0.29) is 43.1 Å². The number of piperazine rings is 1. The molecule has 1 aliphatic heterocycles. The molecule has 0 saturated carbocycles. The highest BCUT2D eigenvalue weighted by molar-refractivity contribution is 6.31. The Hall–Kier alpha value is -2.16. The first kappa shape index (κ1) is 33.9. The van der Waals surface area contributed by atoms with Crippen molar-refractivity contribution in [2.24, 2.45) is 0 Å². The highest BCUT2D eigenvalue weighted by Gasteiger charge is 2.21. The third-order valence-corrected chi connectivity index (χ3v) is 7.11. The zero-order chi connectivity index (χ0) is 24.9. The monoisotopic (exact) mass is 603 g/mol. The molecule has 1 aromatic heterocycles. The number of aromatic nitrogens is 2. The number of benzene rings is 2. The van der Waals surface area contributed by atoms with Crippen LogP contribution in [0.2, 0.25) is 5.02 Å². The molecule has 0 atom stereocenters. The molecule has 1 N–H and O–H groups in total. The summed E-state index contributed by atoms with van der Waals surface area (Å²) >= 11 is 6.30. The molecule has 1 amide bonds. The van der Waals surface area contributed by atoms with Gasteiger partial charge in [0.05, 0.1) is 18.5 Å². The Balaban J connectivity index is 0.00000241. The predicted octanol–water partition coefficient (Wildman–Crippen LogP) is 5.67. The van der Waals surface area contributed by atoms with Crippen molar-refractivity contribution in [1.82, 2.24) is 19.8 Å². The lowest BCUT2D eigenvalue weighted by atomic mass is 10.1. The van der Waals surface area contributed by atoms with Crippen LogP contribution in [0.1, 0.15) is 34.0 Å². The van der Waals surface area contributed by atoms with E-state index in [2.05, 4.69) is 33.1 Å². The number of imidazole rings is 1. The van der Waals surface area contributed by atoms with Crippen molar-refractivity contribution in [2.75, 3.05) is 51.3 Å². The van der Waals surface area contributed by atoms with E-state index >= 15 is 0 Å². The Morgan fingerprint density at radius 2 is 1.63 bits per heavy atom. The first-order chi connectivity index (χ1) is 16.9. The number of nitrogens with one attached hydrogen (secondary N) is 1. The number of anilines is 1. The van der Waals surface area contributed by atoms with Crippen LogP contribution < -0.4 is 15.0 Å². The summed E-state index contributed by atoms with van der Waals surface area (Å²) in [5.74, 6) is 1.36. The molecule has 2 aromatic carbocycles. The normalized spacial score (nSPS) is 13.1. The Kier molecular flexibility index (Phi) is 13.8. The SMILES string of the molecule is COc1ccccc1-n1c(C)nc(C(=O)NCCCN2CCN(c3cccc(Cl)c3C)CC2)c1C.Cl.Cl.Cl. The van der Waals surface area contributed by atoms with Crippen molar-refractivity contribution in [3.8, 4) is 11.4 Å². The molecule has 210 valence electrons. The fraction of sp³-hybridized carbons (Fsp3) is 0.407. The first-order valence-corrected chi connectivity index (χ1v) is 12.5. The van der Waals surface area contributed by atoms with Gasteiger partial charge in [-0.1, -0.05) is 29.8 Å². The number of hydrogen-bond donors (Lipinski definition) is 1. The second kappa shape index (κ2) is 15.4. The molecule has 0 aliphatic carbocycles. The van der Waals surface area contributed by atoms with Gasteiger partial charge < -0.3 is 15.0 Å². The van der Waals surface area contributed by atoms with Gasteiger partial charge in [-0.3, -0.25) is 14.3 Å². The van der Waals surface area contributed by atoms with Crippen LogP contribution in [0.15, 0.2) is 42.5 Å². The summed E-state index contributed by atoms with van der Waals surface area (Å²) in [6, 6.07) is 13.9. The van der Waals surface area contributed by atoms with Gasteiger partial charge in [-0.2, -0.15) is 0 Å². The molecule has 38 heavy (non-hydrogen) atoms. The van der Waals surface area contributed by atoms with Crippen LogP contribution in [0.3, 0.4) is 0 Å². The van der Waals surface area contributed by atoms with Crippen LogP contribution in [-0.4, -0.2) is 66.7 Å². The fourth-order valence-corrected chi connectivity index (χ4v) is 4.93. The van der Waals surface area contributed by atoms with Gasteiger partial charge in [0.25, 0.3) is 5.91 Å². The molecule has 0 radical (unpaired) electrons. The molecule has 1 saturated heterocycles. The minimum Gasteiger partial charge on any atom is -0.495 e. The van der Waals surface area contributed by atoms with Gasteiger partial charge in [0.15, 0.2) is 0 Å². The number of para-hydroxylation sites is 2. The van der Waals surface area contributed by atoms with Crippen LogP contribution in [0.5, 0.6) is 5.75 Å². The number of rotatable bonds is 8. The van der Waals surface area contributed by atoms with Crippen molar-refractivity contribution in [2.45, 2.75) is 27.2 Å². The topological polar surface area (TPSA) is 62.6 Å². The van der Waals surface area contributed by atoms with Crippen molar-refractivity contribution in [3.05, 3.63) is 70.3 Å². The van der Waals surface area contributed by atoms with E-state index in [0.29, 0.717) is 12.2 Å². The maximum Gasteiger partial charge on any atom is 0.271 e. The number of aryl methyl sites for hydroxylation is 1. The average molecular weight is 605 g/mol. The summed E-state index contributed by atoms with van der Waals surface area (Å²) in [6.45, 7) is 11.4. The standard InChI is InChI=1S/C27H34ClN5O2.3ClH/c1-19-22(28)9-7-11-23(19)32-17-15-31(16-18-32)14-8-13-29-27(34)26-20(2)33(21(3)30-26)24-10-5-6-12-25(24)35-4;;;/h5-7,9-12H,8,13-18H2,1-4H3,(H,29,34);3*1H. The third-order valence-electron chi connectivity index (χ3n) is 6.71. The zero-order valence-corrected chi connectivity index (χ0v) is 25.4. The van der Waals surface area contributed by atoms with E-state index in [0.717, 1.165) is 72.7 Å². The molecule has 0 spiro atoms.